The number of aliphatic hydroxyl groups is 4. The first-order valence-electron chi connectivity index (χ1n) is 43.5. The Morgan fingerprint density at radius 3 is 0.985 bits per heavy atom. The number of ether oxygens (including phenoxy) is 2. The van der Waals surface area contributed by atoms with Crippen LogP contribution in [0.1, 0.15) is 30.0 Å². The summed E-state index contributed by atoms with van der Waals surface area (Å²) in [5, 5.41) is 65.0. The number of benzene rings is 5. The molecule has 20 aromatic rings. The maximum absolute atomic E-state index is 9.69. The number of nitrogens with one attached hydrogen (secondary N) is 5. The van der Waals surface area contributed by atoms with Crippen molar-refractivity contribution in [1.82, 2.24) is 74.8 Å². The van der Waals surface area contributed by atoms with Crippen molar-refractivity contribution in [3.63, 3.8) is 0 Å². The van der Waals surface area contributed by atoms with Crippen LogP contribution in [-0.2, 0) is 9.47 Å². The van der Waals surface area contributed by atoms with Gasteiger partial charge in [-0.05, 0) is 123 Å². The maximum Gasteiger partial charge on any atom is 0.181 e. The highest BCUT2D eigenvalue weighted by Gasteiger charge is 2.25. The molecule has 674 valence electrons. The number of rotatable bonds is 30. The van der Waals surface area contributed by atoms with E-state index in [1.807, 2.05) is 170 Å². The zero-order chi connectivity index (χ0) is 92.3. The van der Waals surface area contributed by atoms with Crippen LogP contribution < -0.4 is 26.6 Å². The van der Waals surface area contributed by atoms with Gasteiger partial charge >= 0.3 is 0 Å². The fraction of sp³-hybridized carbons (Fsp3) is 0.175. The average molecular weight is 1870 g/mol. The number of aryl methyl sites for hydroxylation is 2. The van der Waals surface area contributed by atoms with Gasteiger partial charge in [0.15, 0.2) is 29.1 Å². The maximum atomic E-state index is 9.69. The number of thiophene rings is 5. The molecule has 0 bridgehead atoms. The molecule has 0 aliphatic rings. The largest absolute Gasteiger partial charge is 0.396 e. The van der Waals surface area contributed by atoms with Crippen LogP contribution in [0.4, 0.5) is 29.1 Å². The van der Waals surface area contributed by atoms with Gasteiger partial charge in [-0.25, -0.2) is 49.8 Å². The lowest BCUT2D eigenvalue weighted by molar-refractivity contribution is 0.0992. The lowest BCUT2D eigenvalue weighted by Crippen LogP contribution is -2.22. The predicted octanol–water partition coefficient (Wildman–Crippen LogP) is 21.6. The fourth-order valence-corrected chi connectivity index (χ4v) is 19.7. The number of anilines is 5. The van der Waals surface area contributed by atoms with Gasteiger partial charge in [0.1, 0.15) is 81.7 Å². The summed E-state index contributed by atoms with van der Waals surface area (Å²) in [6.45, 7) is 11.8. The van der Waals surface area contributed by atoms with Crippen molar-refractivity contribution >= 4 is 137 Å². The van der Waals surface area contributed by atoms with Gasteiger partial charge in [-0.1, -0.05) is 182 Å². The van der Waals surface area contributed by atoms with Gasteiger partial charge in [-0.2, -0.15) is 0 Å². The smallest absolute Gasteiger partial charge is 0.181 e. The topological polar surface area (TPSA) is 353 Å². The third-order valence-electron chi connectivity index (χ3n) is 20.8. The highest BCUT2D eigenvalue weighted by Crippen LogP contribution is 2.46. The van der Waals surface area contributed by atoms with Gasteiger partial charge in [0.25, 0.3) is 0 Å². The number of fused-ring (bicyclic) bond motifs is 5. The molecule has 2 unspecified atom stereocenters. The van der Waals surface area contributed by atoms with Crippen molar-refractivity contribution in [3.05, 3.63) is 300 Å². The van der Waals surface area contributed by atoms with Crippen LogP contribution >= 0.6 is 56.7 Å². The van der Waals surface area contributed by atoms with Crippen LogP contribution in [0.5, 0.6) is 0 Å². The molecular formula is C103H96N20O6S5. The number of aliphatic hydroxyl groups excluding tert-OH is 4. The summed E-state index contributed by atoms with van der Waals surface area (Å²) in [6.07, 6.45) is 8.90. The SMILES string of the molecule is CC(O)CNc1nc(-c2ccccn2)nc2scc(-c3ccccc3)c12.COCC(C)Nc1nc(-c2ccccn2)nc2sc(C)c(-c3ccccc3)c12.Cc1sc2nc(-c3ccccn3)nc(NCCCO)c2c1-c1ccccc1.OCCNc1nc(-c2ccccn2)nc2scc(-c3ccccc3)c12.OCCOCCNc1nc(-c2ccccn2)nc2scc(-c3ccccc3)c12. The van der Waals surface area contributed by atoms with Crippen molar-refractivity contribution in [2.75, 3.05) is 99.5 Å². The Morgan fingerprint density at radius 1 is 0.328 bits per heavy atom. The summed E-state index contributed by atoms with van der Waals surface area (Å²) in [5.74, 6) is 6.79. The molecule has 2 atom stereocenters. The Labute approximate surface area is 794 Å². The van der Waals surface area contributed by atoms with Gasteiger partial charge in [-0.3, -0.25) is 24.9 Å². The number of hydrogen-bond acceptors (Lipinski definition) is 31. The van der Waals surface area contributed by atoms with Crippen molar-refractivity contribution in [2.24, 2.45) is 0 Å². The second-order valence-electron chi connectivity index (χ2n) is 30.4. The Balaban J connectivity index is 0.000000122. The normalized spacial score (nSPS) is 11.5. The number of pyridine rings is 5. The Hall–Kier alpha value is -14.2. The number of aromatic nitrogens is 15. The second kappa shape index (κ2) is 46.3. The summed E-state index contributed by atoms with van der Waals surface area (Å²) in [7, 11) is 1.71. The van der Waals surface area contributed by atoms with E-state index in [1.54, 1.807) is 102 Å². The minimum absolute atomic E-state index is 0.0181. The molecular weight excluding hydrogens is 1770 g/mol. The van der Waals surface area contributed by atoms with E-state index in [9.17, 15) is 10.2 Å². The van der Waals surface area contributed by atoms with Crippen molar-refractivity contribution in [2.45, 2.75) is 46.3 Å². The molecule has 31 heteroatoms. The monoisotopic (exact) mass is 1870 g/mol. The molecule has 15 heterocycles. The molecule has 9 N–H and O–H groups in total. The predicted molar refractivity (Wildman–Crippen MR) is 547 cm³/mol. The van der Waals surface area contributed by atoms with Gasteiger partial charge in [0, 0.05) is 131 Å². The first kappa shape index (κ1) is 93.1. The Morgan fingerprint density at radius 2 is 0.649 bits per heavy atom. The summed E-state index contributed by atoms with van der Waals surface area (Å²) < 4.78 is 10.7. The third-order valence-corrected chi connectivity index (χ3v) is 25.4. The molecule has 20 rings (SSSR count). The minimum atomic E-state index is -0.475. The summed E-state index contributed by atoms with van der Waals surface area (Å²) in [5.41, 5.74) is 15.0. The molecule has 0 saturated heterocycles. The van der Waals surface area contributed by atoms with E-state index < -0.39 is 6.10 Å². The molecule has 0 aliphatic heterocycles. The molecule has 0 spiro atoms. The van der Waals surface area contributed by atoms with E-state index >= 15 is 0 Å². The van der Waals surface area contributed by atoms with E-state index in [0.717, 1.165) is 153 Å². The van der Waals surface area contributed by atoms with Gasteiger partial charge in [-0.15, -0.1) is 56.7 Å². The average Bonchev–Trinajstić information content (AvgIpc) is 1.61. The lowest BCUT2D eigenvalue weighted by atomic mass is 10.0. The van der Waals surface area contributed by atoms with Crippen LogP contribution in [0.25, 0.3) is 164 Å². The summed E-state index contributed by atoms with van der Waals surface area (Å²) >= 11 is 8.12. The molecule has 0 saturated carbocycles. The molecule has 0 fully saturated rings. The van der Waals surface area contributed by atoms with Gasteiger partial charge in [0.05, 0.1) is 66.1 Å². The van der Waals surface area contributed by atoms with E-state index in [0.29, 0.717) is 81.5 Å². The molecule has 15 aromatic heterocycles. The first-order valence-corrected chi connectivity index (χ1v) is 47.8. The quantitative estimate of drug-likeness (QED) is 0.0189. The minimum Gasteiger partial charge on any atom is -0.396 e. The van der Waals surface area contributed by atoms with E-state index in [4.69, 9.17) is 64.5 Å². The molecule has 26 nitrogen and oxygen atoms in total. The molecule has 5 aromatic carbocycles. The van der Waals surface area contributed by atoms with Gasteiger partial charge in [0.2, 0.25) is 0 Å². The molecule has 0 radical (unpaired) electrons. The first-order chi connectivity index (χ1) is 65.9. The van der Waals surface area contributed by atoms with Crippen molar-refractivity contribution in [3.8, 4) is 113 Å². The number of methoxy groups -OCH3 is 1. The zero-order valence-electron chi connectivity index (χ0n) is 74.0. The molecule has 0 amide bonds. The fourth-order valence-electron chi connectivity index (χ4n) is 14.7. The third kappa shape index (κ3) is 22.9. The number of hydrogen-bond donors (Lipinski definition) is 9. The molecule has 0 aliphatic carbocycles. The van der Waals surface area contributed by atoms with Crippen molar-refractivity contribution in [1.29, 1.82) is 0 Å². The van der Waals surface area contributed by atoms with Gasteiger partial charge < -0.3 is 56.5 Å². The van der Waals surface area contributed by atoms with Crippen LogP contribution in [0.3, 0.4) is 0 Å². The van der Waals surface area contributed by atoms with Crippen LogP contribution in [-0.4, -0.2) is 180 Å². The number of nitrogens with zero attached hydrogens (tertiary/aromatic N) is 15. The van der Waals surface area contributed by atoms with E-state index in [2.05, 4.69) is 166 Å². The second-order valence-corrected chi connectivity index (χ2v) is 35.4. The lowest BCUT2D eigenvalue weighted by Gasteiger charge is -2.16. The highest BCUT2D eigenvalue weighted by atomic mass is 32.1. The standard InChI is InChI=1S/C22H22N4OS.C21H20N4O2S.C21H20N4OS.C20H18N4OS.C19H16N4OS/c1-14(13-27-3)24-21-19-18(16-9-5-4-6-10-16)15(2)28-22(19)26-20(25-21)17-11-7-8-12-23-17;26-11-13-27-12-10-23-20-18-16(15-6-2-1-3-7-15)14-28-21(18)25-19(24-20)17-8-4-5-9-22-17;1-14-17(15-8-3-2-4-9-15)18-20(23-12-7-13-26)24-19(25-21(18)27-14)16-10-5-6-11-22-16;1-13(25)11-22-19-17-15(14-7-3-2-4-8-14)12-26-20(17)24-18(23-19)16-9-5-6-10-21-16;24-11-10-21-18-16-14(13-6-2-1-3-7-13)12-25-19(16)23-17(22-18)15-8-4-5-9-20-15/h4-12,14H,13H2,1-3H3,(H,24,25,26);1-9,14,26H,10-13H2,(H,23,24,25);2-6,8-11,26H,7,12-13H2,1H3,(H,23,24,25);2-10,12-13,25H,11H2,1H3,(H,22,23,24);1-9,12,24H,10-11H2,(H,21,22,23). The van der Waals surface area contributed by atoms with Crippen LogP contribution in [0.2, 0.25) is 0 Å². The van der Waals surface area contributed by atoms with E-state index in [1.165, 1.54) is 20.9 Å². The van der Waals surface area contributed by atoms with Crippen LogP contribution in [0, 0.1) is 13.8 Å². The zero-order valence-corrected chi connectivity index (χ0v) is 78.1. The van der Waals surface area contributed by atoms with Crippen molar-refractivity contribution < 1.29 is 29.9 Å². The Kier molecular flexibility index (Phi) is 32.1. The van der Waals surface area contributed by atoms with E-state index in [-0.39, 0.29) is 25.9 Å². The summed E-state index contributed by atoms with van der Waals surface area (Å²) in [6, 6.07) is 80.0. The summed E-state index contributed by atoms with van der Waals surface area (Å²) in [4.78, 5) is 76.5. The highest BCUT2D eigenvalue weighted by molar-refractivity contribution is 7.20. The molecule has 134 heavy (non-hydrogen) atoms. The van der Waals surface area contributed by atoms with Crippen LogP contribution in [0.15, 0.2) is 290 Å². The Bertz CT molecular complexity index is 7150.